The van der Waals surface area contributed by atoms with E-state index in [1.54, 1.807) is 28.6 Å². The Morgan fingerprint density at radius 3 is 2.53 bits per heavy atom. The number of ether oxygens (including phenoxy) is 1. The molecule has 1 amide bonds. The van der Waals surface area contributed by atoms with Gasteiger partial charge in [-0.15, -0.1) is 0 Å². The highest BCUT2D eigenvalue weighted by atomic mass is 32.2. The highest BCUT2D eigenvalue weighted by Crippen LogP contribution is 2.26. The first kappa shape index (κ1) is 21.3. The molecule has 2 saturated heterocycles. The van der Waals surface area contributed by atoms with Crippen LogP contribution in [0.3, 0.4) is 0 Å². The molecule has 164 valence electrons. The number of benzene rings is 1. The van der Waals surface area contributed by atoms with Crippen molar-refractivity contribution in [3.05, 3.63) is 30.0 Å². The molecule has 0 aliphatic carbocycles. The van der Waals surface area contributed by atoms with Crippen LogP contribution >= 0.6 is 0 Å². The first-order chi connectivity index (χ1) is 14.5. The van der Waals surface area contributed by atoms with E-state index in [1.807, 2.05) is 0 Å². The number of nitrogens with one attached hydrogen (secondary N) is 1. The Labute approximate surface area is 177 Å². The van der Waals surface area contributed by atoms with Crippen molar-refractivity contribution in [2.24, 2.45) is 5.92 Å². The standard InChI is InChI=1S/C22H30N2O5S/c25-22(23-10-7-17-8-13-28-14-9-17)21-16-18-15-19(5-6-20(18)29-21)30(26,27)24-11-3-1-2-4-12-24/h5-6,15-17H,1-4,7-14H2,(H,23,25). The summed E-state index contributed by atoms with van der Waals surface area (Å²) in [5.74, 6) is 0.526. The maximum absolute atomic E-state index is 13.0. The Bertz CT molecular complexity index is 971. The Morgan fingerprint density at radius 2 is 1.80 bits per heavy atom. The minimum absolute atomic E-state index is 0.210. The lowest BCUT2D eigenvalue weighted by Gasteiger charge is -2.21. The zero-order valence-electron chi connectivity index (χ0n) is 17.3. The molecule has 0 bridgehead atoms. The summed E-state index contributed by atoms with van der Waals surface area (Å²) in [5.41, 5.74) is 0.513. The molecule has 0 unspecified atom stereocenters. The molecule has 1 N–H and O–H groups in total. The summed E-state index contributed by atoms with van der Waals surface area (Å²) in [6.45, 7) is 3.31. The monoisotopic (exact) mass is 434 g/mol. The van der Waals surface area contributed by atoms with Crippen LogP contribution in [0.1, 0.15) is 55.5 Å². The van der Waals surface area contributed by atoms with Gasteiger partial charge in [0.05, 0.1) is 4.90 Å². The van der Waals surface area contributed by atoms with Crippen molar-refractivity contribution < 1.29 is 22.4 Å². The van der Waals surface area contributed by atoms with Crippen LogP contribution in [0.2, 0.25) is 0 Å². The number of carbonyl (C=O) groups is 1. The fraction of sp³-hybridized carbons (Fsp3) is 0.591. The third kappa shape index (κ3) is 4.87. The molecule has 0 saturated carbocycles. The normalized spacial score (nSPS) is 19.6. The maximum atomic E-state index is 13.0. The van der Waals surface area contributed by atoms with Crippen LogP contribution in [0.4, 0.5) is 0 Å². The molecule has 1 aromatic carbocycles. The summed E-state index contributed by atoms with van der Waals surface area (Å²) < 4.78 is 38.6. The number of nitrogens with zero attached hydrogens (tertiary/aromatic N) is 1. The lowest BCUT2D eigenvalue weighted by Crippen LogP contribution is -2.31. The van der Waals surface area contributed by atoms with Crippen LogP contribution in [0.25, 0.3) is 11.0 Å². The van der Waals surface area contributed by atoms with Crippen molar-refractivity contribution in [2.75, 3.05) is 32.8 Å². The molecule has 4 rings (SSSR count). The van der Waals surface area contributed by atoms with Crippen molar-refractivity contribution in [1.82, 2.24) is 9.62 Å². The number of hydrogen-bond acceptors (Lipinski definition) is 5. The second kappa shape index (κ2) is 9.49. The Kier molecular flexibility index (Phi) is 6.75. The molecule has 8 heteroatoms. The summed E-state index contributed by atoms with van der Waals surface area (Å²) in [6, 6.07) is 6.44. The molecule has 30 heavy (non-hydrogen) atoms. The van der Waals surface area contributed by atoms with Gasteiger partial charge in [-0.3, -0.25) is 4.79 Å². The van der Waals surface area contributed by atoms with Crippen molar-refractivity contribution in [1.29, 1.82) is 0 Å². The van der Waals surface area contributed by atoms with E-state index >= 15 is 0 Å². The minimum atomic E-state index is -3.53. The quantitative estimate of drug-likeness (QED) is 0.751. The largest absolute Gasteiger partial charge is 0.451 e. The Morgan fingerprint density at radius 1 is 1.07 bits per heavy atom. The highest BCUT2D eigenvalue weighted by molar-refractivity contribution is 7.89. The number of hydrogen-bond donors (Lipinski definition) is 1. The third-order valence-corrected chi connectivity index (χ3v) is 7.99. The van der Waals surface area contributed by atoms with Gasteiger partial charge in [-0.2, -0.15) is 4.31 Å². The maximum Gasteiger partial charge on any atom is 0.287 e. The van der Waals surface area contributed by atoms with Crippen molar-refractivity contribution in [3.63, 3.8) is 0 Å². The number of furan rings is 1. The molecule has 2 fully saturated rings. The van der Waals surface area contributed by atoms with E-state index in [-0.39, 0.29) is 16.6 Å². The summed E-state index contributed by atoms with van der Waals surface area (Å²) in [7, 11) is -3.53. The summed E-state index contributed by atoms with van der Waals surface area (Å²) in [5, 5.41) is 3.54. The topological polar surface area (TPSA) is 88.8 Å². The van der Waals surface area contributed by atoms with E-state index in [0.717, 1.165) is 58.2 Å². The first-order valence-electron chi connectivity index (χ1n) is 10.9. The number of carbonyl (C=O) groups excluding carboxylic acids is 1. The van der Waals surface area contributed by atoms with Gasteiger partial charge in [-0.25, -0.2) is 8.42 Å². The highest BCUT2D eigenvalue weighted by Gasteiger charge is 2.26. The Hall–Kier alpha value is -1.90. The lowest BCUT2D eigenvalue weighted by atomic mass is 9.97. The van der Waals surface area contributed by atoms with Crippen LogP contribution in [-0.4, -0.2) is 51.5 Å². The second-order valence-corrected chi connectivity index (χ2v) is 10.2. The molecule has 2 aliphatic rings. The van der Waals surface area contributed by atoms with E-state index < -0.39 is 10.0 Å². The number of fused-ring (bicyclic) bond motifs is 1. The summed E-state index contributed by atoms with van der Waals surface area (Å²) >= 11 is 0. The molecule has 1 aromatic heterocycles. The number of rotatable bonds is 6. The van der Waals surface area contributed by atoms with Crippen LogP contribution in [0.15, 0.2) is 33.6 Å². The van der Waals surface area contributed by atoms with E-state index in [9.17, 15) is 13.2 Å². The van der Waals surface area contributed by atoms with Gasteiger partial charge in [0.2, 0.25) is 10.0 Å². The van der Waals surface area contributed by atoms with Gasteiger partial charge in [0, 0.05) is 38.2 Å². The van der Waals surface area contributed by atoms with E-state index in [0.29, 0.717) is 36.5 Å². The molecule has 0 radical (unpaired) electrons. The van der Waals surface area contributed by atoms with Gasteiger partial charge in [0.15, 0.2) is 5.76 Å². The zero-order valence-corrected chi connectivity index (χ0v) is 18.1. The predicted octanol–water partition coefficient (Wildman–Crippen LogP) is 3.54. The summed E-state index contributed by atoms with van der Waals surface area (Å²) in [6.07, 6.45) is 6.92. The molecular weight excluding hydrogens is 404 g/mol. The fourth-order valence-corrected chi connectivity index (χ4v) is 5.79. The molecule has 0 spiro atoms. The molecule has 3 heterocycles. The zero-order chi connectivity index (χ0) is 21.0. The van der Waals surface area contributed by atoms with Crippen molar-refractivity contribution >= 4 is 26.9 Å². The lowest BCUT2D eigenvalue weighted by molar-refractivity contribution is 0.0635. The van der Waals surface area contributed by atoms with Crippen LogP contribution in [0, 0.1) is 5.92 Å². The second-order valence-electron chi connectivity index (χ2n) is 8.23. The molecule has 2 aliphatic heterocycles. The average molecular weight is 435 g/mol. The van der Waals surface area contributed by atoms with Crippen molar-refractivity contribution in [2.45, 2.75) is 49.8 Å². The molecule has 2 aromatic rings. The molecule has 0 atom stereocenters. The van der Waals surface area contributed by atoms with Gasteiger partial charge in [-0.1, -0.05) is 12.8 Å². The fourth-order valence-electron chi connectivity index (χ4n) is 4.24. The van der Waals surface area contributed by atoms with Gasteiger partial charge < -0.3 is 14.5 Å². The smallest absolute Gasteiger partial charge is 0.287 e. The molecule has 7 nitrogen and oxygen atoms in total. The van der Waals surface area contributed by atoms with E-state index in [2.05, 4.69) is 5.32 Å². The first-order valence-corrected chi connectivity index (χ1v) is 12.4. The minimum Gasteiger partial charge on any atom is -0.451 e. The van der Waals surface area contributed by atoms with Crippen LogP contribution in [0.5, 0.6) is 0 Å². The van der Waals surface area contributed by atoms with Gasteiger partial charge in [-0.05, 0) is 62.3 Å². The van der Waals surface area contributed by atoms with E-state index in [4.69, 9.17) is 9.15 Å². The summed E-state index contributed by atoms with van der Waals surface area (Å²) in [4.78, 5) is 12.7. The number of sulfonamides is 1. The third-order valence-electron chi connectivity index (χ3n) is 6.09. The Balaban J connectivity index is 1.43. The SMILES string of the molecule is O=C(NCCC1CCOCC1)c1cc2cc(S(=O)(=O)N3CCCCCC3)ccc2o1. The molecular formula is C22H30N2O5S. The van der Waals surface area contributed by atoms with Crippen molar-refractivity contribution in [3.8, 4) is 0 Å². The van der Waals surface area contributed by atoms with Crippen LogP contribution < -0.4 is 5.32 Å². The van der Waals surface area contributed by atoms with Crippen LogP contribution in [-0.2, 0) is 14.8 Å². The van der Waals surface area contributed by atoms with Gasteiger partial charge in [0.25, 0.3) is 5.91 Å². The van der Waals surface area contributed by atoms with Gasteiger partial charge in [0.1, 0.15) is 5.58 Å². The van der Waals surface area contributed by atoms with Gasteiger partial charge >= 0.3 is 0 Å². The van der Waals surface area contributed by atoms with E-state index in [1.165, 1.54) is 0 Å². The average Bonchev–Trinajstić information content (AvgIpc) is 2.98. The predicted molar refractivity (Wildman–Crippen MR) is 114 cm³/mol. The number of amides is 1.